The molecule has 0 unspecified atom stereocenters. The van der Waals surface area contributed by atoms with Gasteiger partial charge in [-0.2, -0.15) is 0 Å². The van der Waals surface area contributed by atoms with Crippen LogP contribution in [-0.2, 0) is 40.6 Å². The highest BCUT2D eigenvalue weighted by atomic mass is 16.4. The molecule has 2 atom stereocenters. The summed E-state index contributed by atoms with van der Waals surface area (Å²) in [5.41, 5.74) is 2.49. The molecule has 3 aromatic heterocycles. The fourth-order valence-electron chi connectivity index (χ4n) is 3.41. The molecule has 0 aliphatic carbocycles. The smallest absolute Gasteiger partial charge is 0.306 e. The molecule has 0 saturated heterocycles. The van der Waals surface area contributed by atoms with Crippen molar-refractivity contribution >= 4 is 17.7 Å². The van der Waals surface area contributed by atoms with Gasteiger partial charge < -0.3 is 10.4 Å². The number of carbonyl (C=O) groups excluding carboxylic acids is 2. The first-order valence-electron chi connectivity index (χ1n) is 11.3. The van der Waals surface area contributed by atoms with Crippen LogP contribution in [0.2, 0.25) is 0 Å². The van der Waals surface area contributed by atoms with Crippen molar-refractivity contribution in [1.82, 2.24) is 35.2 Å². The second-order valence-corrected chi connectivity index (χ2v) is 8.39. The number of carboxylic acids is 1. The molecule has 0 bridgehead atoms. The van der Waals surface area contributed by atoms with Crippen molar-refractivity contribution in [3.8, 4) is 0 Å². The molecule has 3 heterocycles. The first-order valence-corrected chi connectivity index (χ1v) is 11.3. The number of amides is 1. The molecule has 0 fully saturated rings. The number of hydrogen-bond acceptors (Lipinski definition) is 8. The van der Waals surface area contributed by atoms with Gasteiger partial charge in [0, 0.05) is 38.4 Å². The van der Waals surface area contributed by atoms with E-state index in [0.29, 0.717) is 25.3 Å². The van der Waals surface area contributed by atoms with E-state index >= 15 is 0 Å². The van der Waals surface area contributed by atoms with E-state index in [-0.39, 0.29) is 18.7 Å². The van der Waals surface area contributed by atoms with E-state index in [1.54, 1.807) is 18.6 Å². The summed E-state index contributed by atoms with van der Waals surface area (Å²) >= 11 is 0. The quantitative estimate of drug-likeness (QED) is 0.372. The lowest BCUT2D eigenvalue weighted by molar-refractivity contribution is -0.143. The molecular weight excluding hydrogens is 450 g/mol. The van der Waals surface area contributed by atoms with Crippen molar-refractivity contribution in [3.05, 3.63) is 72.1 Å². The van der Waals surface area contributed by atoms with Crippen LogP contribution >= 0.6 is 0 Å². The number of aliphatic carboxylic acids is 1. The Morgan fingerprint density at radius 3 is 2.11 bits per heavy atom. The number of pyridine rings is 2. The van der Waals surface area contributed by atoms with Gasteiger partial charge in [0.2, 0.25) is 5.91 Å². The van der Waals surface area contributed by atoms with Crippen molar-refractivity contribution in [2.24, 2.45) is 5.92 Å². The monoisotopic (exact) mass is 479 g/mol. The van der Waals surface area contributed by atoms with Gasteiger partial charge >= 0.3 is 5.97 Å². The average molecular weight is 480 g/mol. The highest BCUT2D eigenvalue weighted by Gasteiger charge is 2.22. The largest absolute Gasteiger partial charge is 0.481 e. The molecule has 11 nitrogen and oxygen atoms in total. The van der Waals surface area contributed by atoms with Crippen LogP contribution in [0.1, 0.15) is 37.4 Å². The Morgan fingerprint density at radius 2 is 1.57 bits per heavy atom. The first-order chi connectivity index (χ1) is 16.8. The summed E-state index contributed by atoms with van der Waals surface area (Å²) < 4.78 is 1.40. The van der Waals surface area contributed by atoms with E-state index in [2.05, 4.69) is 30.5 Å². The maximum Gasteiger partial charge on any atom is 0.306 e. The van der Waals surface area contributed by atoms with Gasteiger partial charge in [-0.05, 0) is 31.2 Å². The van der Waals surface area contributed by atoms with Crippen LogP contribution in [0, 0.1) is 5.92 Å². The van der Waals surface area contributed by atoms with Gasteiger partial charge in [-0.25, -0.2) is 4.68 Å². The van der Waals surface area contributed by atoms with Crippen LogP contribution in [-0.4, -0.2) is 58.7 Å². The third-order valence-corrected chi connectivity index (χ3v) is 5.29. The van der Waals surface area contributed by atoms with E-state index in [1.165, 1.54) is 18.5 Å². The Bertz CT molecular complexity index is 1080. The third-order valence-electron chi connectivity index (χ3n) is 5.29. The van der Waals surface area contributed by atoms with Crippen LogP contribution in [0.5, 0.6) is 0 Å². The Hall–Kier alpha value is -3.99. The van der Waals surface area contributed by atoms with Crippen LogP contribution in [0.3, 0.4) is 0 Å². The Balaban J connectivity index is 1.58. The molecular formula is C24H29N7O4. The zero-order chi connectivity index (χ0) is 25.2. The first kappa shape index (κ1) is 25.6. The summed E-state index contributed by atoms with van der Waals surface area (Å²) in [7, 11) is 0. The topological polar surface area (TPSA) is 143 Å². The van der Waals surface area contributed by atoms with Gasteiger partial charge in [0.05, 0.1) is 35.2 Å². The lowest BCUT2D eigenvalue weighted by atomic mass is 10.0. The van der Waals surface area contributed by atoms with Gasteiger partial charge in [-0.1, -0.05) is 24.3 Å². The molecule has 3 rings (SSSR count). The SMILES string of the molecule is C[C@@H](CC(=O)[C@@H](C)NC(=O)Cn1cc(CN(Cc2ccccn2)Cc2ccccn2)nn1)C(=O)O. The molecule has 0 radical (unpaired) electrons. The molecule has 0 aliphatic heterocycles. The minimum Gasteiger partial charge on any atom is -0.481 e. The van der Waals surface area contributed by atoms with E-state index in [9.17, 15) is 14.4 Å². The lowest BCUT2D eigenvalue weighted by Gasteiger charge is -2.20. The number of aromatic nitrogens is 5. The minimum absolute atomic E-state index is 0.112. The minimum atomic E-state index is -1.05. The number of rotatable bonds is 13. The Labute approximate surface area is 203 Å². The average Bonchev–Trinajstić information content (AvgIpc) is 3.26. The summed E-state index contributed by atoms with van der Waals surface area (Å²) in [5, 5.41) is 19.8. The summed E-state index contributed by atoms with van der Waals surface area (Å²) in [6.07, 6.45) is 5.03. The molecule has 0 saturated carbocycles. The number of nitrogens with zero attached hydrogens (tertiary/aromatic N) is 6. The third kappa shape index (κ3) is 8.38. The fourth-order valence-corrected chi connectivity index (χ4v) is 3.41. The van der Waals surface area contributed by atoms with Crippen molar-refractivity contribution in [1.29, 1.82) is 0 Å². The number of hydrogen-bond donors (Lipinski definition) is 2. The highest BCUT2D eigenvalue weighted by Crippen LogP contribution is 2.11. The number of Topliss-reactive ketones (excluding diaryl/α,β-unsaturated/α-hetero) is 1. The molecule has 2 N–H and O–H groups in total. The Morgan fingerprint density at radius 1 is 0.971 bits per heavy atom. The number of carboxylic acid groups (broad SMARTS) is 1. The molecule has 0 spiro atoms. The van der Waals surface area contributed by atoms with E-state index in [0.717, 1.165) is 11.4 Å². The van der Waals surface area contributed by atoms with Gasteiger partial charge in [0.25, 0.3) is 0 Å². The second kappa shape index (κ2) is 12.5. The van der Waals surface area contributed by atoms with Crippen LogP contribution in [0.15, 0.2) is 55.0 Å². The van der Waals surface area contributed by atoms with Crippen molar-refractivity contribution in [2.45, 2.75) is 52.5 Å². The van der Waals surface area contributed by atoms with E-state index in [1.807, 2.05) is 36.4 Å². The predicted molar refractivity (Wildman–Crippen MR) is 125 cm³/mol. The van der Waals surface area contributed by atoms with Crippen molar-refractivity contribution in [2.75, 3.05) is 0 Å². The molecule has 1 amide bonds. The lowest BCUT2D eigenvalue weighted by Crippen LogP contribution is -2.41. The summed E-state index contributed by atoms with van der Waals surface area (Å²) in [6, 6.07) is 10.7. The fraction of sp³-hybridized carbons (Fsp3) is 0.375. The van der Waals surface area contributed by atoms with Gasteiger partial charge in [0.15, 0.2) is 5.78 Å². The van der Waals surface area contributed by atoms with E-state index in [4.69, 9.17) is 5.11 Å². The van der Waals surface area contributed by atoms with Crippen LogP contribution in [0.4, 0.5) is 0 Å². The Kier molecular flexibility index (Phi) is 9.13. The summed E-state index contributed by atoms with van der Waals surface area (Å²) in [5.74, 6) is -2.61. The normalized spacial score (nSPS) is 12.8. The van der Waals surface area contributed by atoms with E-state index < -0.39 is 23.8 Å². The standard InChI is InChI=1S/C24H29N7O4/c1-17(24(34)35)11-22(32)18(2)27-23(33)16-31-15-21(28-29-31)14-30(12-19-7-3-5-9-25-19)13-20-8-4-6-10-26-20/h3-10,15,17-18H,11-14,16H2,1-2H3,(H,27,33)(H,34,35)/t17-,18+/m0/s1. The van der Waals surface area contributed by atoms with Crippen LogP contribution in [0.25, 0.3) is 0 Å². The zero-order valence-corrected chi connectivity index (χ0v) is 19.7. The number of nitrogens with one attached hydrogen (secondary N) is 1. The van der Waals surface area contributed by atoms with Crippen molar-refractivity contribution in [3.63, 3.8) is 0 Å². The molecule has 35 heavy (non-hydrogen) atoms. The zero-order valence-electron chi connectivity index (χ0n) is 19.7. The predicted octanol–water partition coefficient (Wildman–Crippen LogP) is 1.46. The molecule has 184 valence electrons. The maximum atomic E-state index is 12.4. The van der Waals surface area contributed by atoms with Gasteiger partial charge in [-0.15, -0.1) is 5.10 Å². The van der Waals surface area contributed by atoms with Crippen LogP contribution < -0.4 is 5.32 Å². The maximum absolute atomic E-state index is 12.4. The summed E-state index contributed by atoms with van der Waals surface area (Å²) in [6.45, 7) is 4.51. The summed E-state index contributed by atoms with van der Waals surface area (Å²) in [4.78, 5) is 46.4. The van der Waals surface area contributed by atoms with Gasteiger partial charge in [0.1, 0.15) is 6.54 Å². The number of ketones is 1. The molecule has 3 aromatic rings. The number of carbonyl (C=O) groups is 3. The molecule has 11 heteroatoms. The second-order valence-electron chi connectivity index (χ2n) is 8.39. The molecule has 0 aromatic carbocycles. The molecule has 0 aliphatic rings. The van der Waals surface area contributed by atoms with Crippen molar-refractivity contribution < 1.29 is 19.5 Å². The van der Waals surface area contributed by atoms with Gasteiger partial charge in [-0.3, -0.25) is 29.3 Å². The highest BCUT2D eigenvalue weighted by molar-refractivity contribution is 5.90.